The predicted octanol–water partition coefficient (Wildman–Crippen LogP) is 2.72. The summed E-state index contributed by atoms with van der Waals surface area (Å²) in [4.78, 5) is 13.9. The van der Waals surface area contributed by atoms with Gasteiger partial charge in [-0.05, 0) is 29.3 Å². The third-order valence-corrected chi connectivity index (χ3v) is 7.12. The molecule has 9 heteroatoms. The molecule has 3 aliphatic rings. The first-order chi connectivity index (χ1) is 16.1. The molecule has 4 atom stereocenters. The van der Waals surface area contributed by atoms with Crippen molar-refractivity contribution in [2.75, 3.05) is 24.5 Å². The van der Waals surface area contributed by atoms with Crippen LogP contribution in [-0.2, 0) is 16.7 Å². The minimum Gasteiger partial charge on any atom is -0.442 e. The Morgan fingerprint density at radius 1 is 1.18 bits per heavy atom. The zero-order valence-corrected chi connectivity index (χ0v) is 17.7. The van der Waals surface area contributed by atoms with Crippen LogP contribution in [0.15, 0.2) is 54.9 Å². The van der Waals surface area contributed by atoms with Gasteiger partial charge in [0.1, 0.15) is 11.9 Å². The van der Waals surface area contributed by atoms with E-state index in [1.165, 1.54) is 6.07 Å². The highest BCUT2D eigenvalue weighted by atomic mass is 19.1. The number of cyclic esters (lactones) is 1. The molecule has 0 bridgehead atoms. The second-order valence-electron chi connectivity index (χ2n) is 8.84. The number of hydrogen-bond acceptors (Lipinski definition) is 6. The number of anilines is 1. The summed E-state index contributed by atoms with van der Waals surface area (Å²) in [5, 5.41) is 20.7. The third kappa shape index (κ3) is 3.09. The van der Waals surface area contributed by atoms with E-state index in [0.717, 1.165) is 24.2 Å². The first kappa shape index (κ1) is 19.9. The maximum atomic E-state index is 15.1. The third-order valence-electron chi connectivity index (χ3n) is 7.12. The normalized spacial score (nSPS) is 27.8. The van der Waals surface area contributed by atoms with Crippen LogP contribution in [-0.4, -0.2) is 46.8 Å². The zero-order valence-electron chi connectivity index (χ0n) is 17.7. The van der Waals surface area contributed by atoms with Crippen LogP contribution in [0.1, 0.15) is 5.56 Å². The fourth-order valence-corrected chi connectivity index (χ4v) is 5.39. The highest BCUT2D eigenvalue weighted by Gasteiger charge is 2.68. The molecule has 166 valence electrons. The molecule has 2 aromatic carbocycles. The molecule has 3 aromatic rings. The number of ether oxygens (including phenoxy) is 1. The molecule has 3 fully saturated rings. The van der Waals surface area contributed by atoms with Crippen molar-refractivity contribution in [2.45, 2.75) is 18.1 Å². The summed E-state index contributed by atoms with van der Waals surface area (Å²) < 4.78 is 22.2. The summed E-state index contributed by atoms with van der Waals surface area (Å²) in [5.41, 5.74) is 2.08. The lowest BCUT2D eigenvalue weighted by Crippen LogP contribution is -2.26. The number of piperidine rings is 1. The van der Waals surface area contributed by atoms with Crippen molar-refractivity contribution in [1.82, 2.24) is 20.3 Å². The summed E-state index contributed by atoms with van der Waals surface area (Å²) in [6, 6.07) is 14.9. The standard InChI is InChI=1S/C24H21FN6O2/c25-22-9-16(3-6-19(22)24(14-26)20-10-27-11-21(20)24)15-1-4-17(5-2-15)31-13-18(33-23(31)32)12-30-8-7-28-29-30/h1-9,18,20-21,27H,10-13H2/t18-,20-,21+,24+/m0/s1. The van der Waals surface area contributed by atoms with Crippen LogP contribution in [0.5, 0.6) is 0 Å². The predicted molar refractivity (Wildman–Crippen MR) is 117 cm³/mol. The van der Waals surface area contributed by atoms with Crippen molar-refractivity contribution in [1.29, 1.82) is 5.26 Å². The Hall–Kier alpha value is -3.77. The van der Waals surface area contributed by atoms with E-state index < -0.39 is 11.5 Å². The summed E-state index contributed by atoms with van der Waals surface area (Å²) in [7, 11) is 0. The zero-order chi connectivity index (χ0) is 22.6. The Morgan fingerprint density at radius 3 is 2.61 bits per heavy atom. The second-order valence-corrected chi connectivity index (χ2v) is 8.84. The van der Waals surface area contributed by atoms with Crippen molar-refractivity contribution in [3.05, 3.63) is 66.2 Å². The first-order valence-corrected chi connectivity index (χ1v) is 10.9. The van der Waals surface area contributed by atoms with Gasteiger partial charge in [-0.1, -0.05) is 29.5 Å². The van der Waals surface area contributed by atoms with E-state index in [2.05, 4.69) is 21.7 Å². The van der Waals surface area contributed by atoms with E-state index in [4.69, 9.17) is 4.74 Å². The maximum absolute atomic E-state index is 15.1. The number of nitrogens with zero attached hydrogens (tertiary/aromatic N) is 5. The monoisotopic (exact) mass is 444 g/mol. The van der Waals surface area contributed by atoms with Crippen molar-refractivity contribution < 1.29 is 13.9 Å². The van der Waals surface area contributed by atoms with Crippen molar-refractivity contribution in [3.8, 4) is 17.2 Å². The number of nitrogens with one attached hydrogen (secondary N) is 1. The van der Waals surface area contributed by atoms with Crippen molar-refractivity contribution in [2.24, 2.45) is 11.8 Å². The molecule has 1 N–H and O–H groups in total. The number of fused-ring (bicyclic) bond motifs is 1. The van der Waals surface area contributed by atoms with E-state index in [9.17, 15) is 10.1 Å². The molecule has 0 radical (unpaired) electrons. The van der Waals surface area contributed by atoms with E-state index in [1.807, 2.05) is 30.3 Å². The summed E-state index contributed by atoms with van der Waals surface area (Å²) >= 11 is 0. The number of carbonyl (C=O) groups excluding carboxylic acids is 1. The molecular weight excluding hydrogens is 423 g/mol. The molecule has 0 unspecified atom stereocenters. The number of benzene rings is 2. The topological polar surface area (TPSA) is 96.1 Å². The number of hydrogen-bond donors (Lipinski definition) is 1. The van der Waals surface area contributed by atoms with Gasteiger partial charge < -0.3 is 10.1 Å². The highest BCUT2D eigenvalue weighted by Crippen LogP contribution is 2.61. The molecule has 1 aromatic heterocycles. The quantitative estimate of drug-likeness (QED) is 0.650. The van der Waals surface area contributed by atoms with Crippen LogP contribution in [0.25, 0.3) is 11.1 Å². The van der Waals surface area contributed by atoms with Crippen LogP contribution in [0.2, 0.25) is 0 Å². The minimum atomic E-state index is -0.698. The molecule has 1 aliphatic carbocycles. The molecule has 2 aliphatic heterocycles. The molecule has 8 nitrogen and oxygen atoms in total. The molecule has 1 amide bonds. The molecule has 33 heavy (non-hydrogen) atoms. The maximum Gasteiger partial charge on any atom is 0.414 e. The Balaban J connectivity index is 1.19. The lowest BCUT2D eigenvalue weighted by molar-refractivity contribution is 0.129. The SMILES string of the molecule is N#C[C@]1(c2ccc(-c3ccc(N4C[C@H](Cn5ccnn5)OC4=O)cc3)cc2F)[C@@H]2CNC[C@@H]21. The number of carbonyl (C=O) groups is 1. The van der Waals surface area contributed by atoms with Crippen LogP contribution in [0.3, 0.4) is 0 Å². The van der Waals surface area contributed by atoms with Crippen LogP contribution < -0.4 is 10.2 Å². The summed E-state index contributed by atoms with van der Waals surface area (Å²) in [5.74, 6) is 0.0399. The van der Waals surface area contributed by atoms with Crippen molar-refractivity contribution in [3.63, 3.8) is 0 Å². The number of halogens is 1. The highest BCUT2D eigenvalue weighted by molar-refractivity contribution is 5.90. The Morgan fingerprint density at radius 2 is 1.94 bits per heavy atom. The van der Waals surface area contributed by atoms with Crippen molar-refractivity contribution >= 4 is 11.8 Å². The Kier molecular flexibility index (Phi) is 4.45. The fraction of sp³-hybridized carbons (Fsp3) is 0.333. The lowest BCUT2D eigenvalue weighted by atomic mass is 9.90. The van der Waals surface area contributed by atoms with E-state index in [1.54, 1.807) is 28.0 Å². The van der Waals surface area contributed by atoms with Gasteiger partial charge in [0.05, 0.1) is 30.8 Å². The molecule has 3 heterocycles. The summed E-state index contributed by atoms with van der Waals surface area (Å²) in [6.07, 6.45) is 2.58. The Labute approximate surface area is 189 Å². The second kappa shape index (κ2) is 7.39. The number of aromatic nitrogens is 3. The Bertz CT molecular complexity index is 1240. The van der Waals surface area contributed by atoms with Gasteiger partial charge >= 0.3 is 6.09 Å². The molecule has 2 saturated heterocycles. The van der Waals surface area contributed by atoms with Crippen LogP contribution in [0, 0.1) is 29.0 Å². The van der Waals surface area contributed by atoms with Gasteiger partial charge in [0.25, 0.3) is 0 Å². The largest absolute Gasteiger partial charge is 0.442 e. The smallest absolute Gasteiger partial charge is 0.414 e. The summed E-state index contributed by atoms with van der Waals surface area (Å²) in [6.45, 7) is 2.38. The van der Waals surface area contributed by atoms with E-state index >= 15 is 4.39 Å². The average molecular weight is 444 g/mol. The van der Waals surface area contributed by atoms with E-state index in [0.29, 0.717) is 24.3 Å². The van der Waals surface area contributed by atoms with Gasteiger partial charge in [-0.3, -0.25) is 4.90 Å². The van der Waals surface area contributed by atoms with E-state index in [-0.39, 0.29) is 23.8 Å². The fourth-order valence-electron chi connectivity index (χ4n) is 5.39. The van der Waals surface area contributed by atoms with Crippen LogP contribution >= 0.6 is 0 Å². The molecule has 1 saturated carbocycles. The number of nitriles is 1. The average Bonchev–Trinajstić information content (AvgIpc) is 3.35. The number of amides is 1. The van der Waals surface area contributed by atoms with Gasteiger partial charge in [0.2, 0.25) is 0 Å². The molecular formula is C24H21FN6O2. The van der Waals surface area contributed by atoms with Gasteiger partial charge in [-0.2, -0.15) is 5.26 Å². The first-order valence-electron chi connectivity index (χ1n) is 10.9. The lowest BCUT2D eigenvalue weighted by Gasteiger charge is -2.16. The van der Waals surface area contributed by atoms with Gasteiger partial charge in [0.15, 0.2) is 0 Å². The van der Waals surface area contributed by atoms with Crippen LogP contribution in [0.4, 0.5) is 14.9 Å². The van der Waals surface area contributed by atoms with Gasteiger partial charge in [0, 0.05) is 42.4 Å². The van der Waals surface area contributed by atoms with Gasteiger partial charge in [-0.15, -0.1) is 5.10 Å². The number of rotatable bonds is 5. The minimum absolute atomic E-state index is 0.190. The molecule has 0 spiro atoms. The molecule has 6 rings (SSSR count). The van der Waals surface area contributed by atoms with Gasteiger partial charge in [-0.25, -0.2) is 13.9 Å².